The van der Waals surface area contributed by atoms with E-state index in [0.29, 0.717) is 37.1 Å². The van der Waals surface area contributed by atoms with Crippen molar-refractivity contribution in [1.82, 2.24) is 9.97 Å². The van der Waals surface area contributed by atoms with Gasteiger partial charge < -0.3 is 25.3 Å². The molecule has 45 heavy (non-hydrogen) atoms. The van der Waals surface area contributed by atoms with Crippen molar-refractivity contribution in [3.63, 3.8) is 0 Å². The van der Waals surface area contributed by atoms with Crippen molar-refractivity contribution >= 4 is 61.5 Å². The van der Waals surface area contributed by atoms with Crippen LogP contribution in [0.25, 0.3) is 10.9 Å². The minimum Gasteiger partial charge on any atom is -0.455 e. The SMILES string of the molecule is CC(C)(C)OC(=O)c1cc2ccc(NC(=O)c3ccc(NS(C)(=O)=O)cc3NC(=O)C3CCN(c4ccncc4)CC3)cc2[nH]1. The van der Waals surface area contributed by atoms with Gasteiger partial charge in [0.15, 0.2) is 0 Å². The van der Waals surface area contributed by atoms with Crippen molar-refractivity contribution in [2.45, 2.75) is 39.2 Å². The number of pyridine rings is 1. The number of nitrogens with one attached hydrogen (secondary N) is 4. The smallest absolute Gasteiger partial charge is 0.355 e. The number of esters is 1. The van der Waals surface area contributed by atoms with Crippen LogP contribution in [0.1, 0.15) is 54.5 Å². The van der Waals surface area contributed by atoms with Crippen LogP contribution in [0.3, 0.4) is 0 Å². The lowest BCUT2D eigenvalue weighted by atomic mass is 9.95. The lowest BCUT2D eigenvalue weighted by Gasteiger charge is -2.33. The van der Waals surface area contributed by atoms with Crippen molar-refractivity contribution in [3.8, 4) is 0 Å². The fourth-order valence-electron chi connectivity index (χ4n) is 5.16. The van der Waals surface area contributed by atoms with Gasteiger partial charge in [0.25, 0.3) is 5.91 Å². The van der Waals surface area contributed by atoms with Crippen molar-refractivity contribution in [2.24, 2.45) is 5.92 Å². The van der Waals surface area contributed by atoms with Crippen LogP contribution in [0.5, 0.6) is 0 Å². The van der Waals surface area contributed by atoms with E-state index in [9.17, 15) is 22.8 Å². The van der Waals surface area contributed by atoms with Gasteiger partial charge in [-0.1, -0.05) is 6.07 Å². The van der Waals surface area contributed by atoms with Crippen molar-refractivity contribution in [1.29, 1.82) is 0 Å². The summed E-state index contributed by atoms with van der Waals surface area (Å²) in [5.41, 5.74) is 2.28. The number of anilines is 4. The number of hydrogen-bond donors (Lipinski definition) is 4. The predicted molar refractivity (Wildman–Crippen MR) is 174 cm³/mol. The molecule has 0 spiro atoms. The number of benzene rings is 2. The van der Waals surface area contributed by atoms with Gasteiger partial charge in [0.1, 0.15) is 11.3 Å². The van der Waals surface area contributed by atoms with Gasteiger partial charge in [0.05, 0.1) is 23.2 Å². The van der Waals surface area contributed by atoms with E-state index in [4.69, 9.17) is 4.74 Å². The van der Waals surface area contributed by atoms with E-state index in [0.717, 1.165) is 17.3 Å². The number of aromatic nitrogens is 2. The van der Waals surface area contributed by atoms with Crippen LogP contribution in [0, 0.1) is 5.92 Å². The number of H-pyrrole nitrogens is 1. The summed E-state index contributed by atoms with van der Waals surface area (Å²) in [6.45, 7) is 6.72. The largest absolute Gasteiger partial charge is 0.455 e. The molecule has 2 amide bonds. The minimum absolute atomic E-state index is 0.151. The Kier molecular flexibility index (Phi) is 8.82. The van der Waals surface area contributed by atoms with Crippen LogP contribution in [0.2, 0.25) is 0 Å². The Hall–Kier alpha value is -4.91. The number of nitrogens with zero attached hydrogens (tertiary/aromatic N) is 2. The van der Waals surface area contributed by atoms with E-state index >= 15 is 0 Å². The maximum absolute atomic E-state index is 13.5. The number of aromatic amines is 1. The summed E-state index contributed by atoms with van der Waals surface area (Å²) in [5, 5.41) is 6.46. The number of hydrogen-bond acceptors (Lipinski definition) is 8. The van der Waals surface area contributed by atoms with E-state index in [-0.39, 0.29) is 34.5 Å². The Bertz CT molecular complexity index is 1840. The van der Waals surface area contributed by atoms with Crippen LogP contribution in [0.15, 0.2) is 67.0 Å². The highest BCUT2D eigenvalue weighted by atomic mass is 32.2. The third-order valence-corrected chi connectivity index (χ3v) is 7.82. The van der Waals surface area contributed by atoms with Crippen LogP contribution in [-0.2, 0) is 19.6 Å². The number of fused-ring (bicyclic) bond motifs is 1. The minimum atomic E-state index is -3.60. The standard InChI is InChI=1S/C32H36N6O6S/c1-32(2,3)44-31(41)28-17-21-5-6-22(18-26(21)35-28)34-30(40)25-8-7-23(37-45(4,42)43)19-27(25)36-29(39)20-11-15-38(16-12-20)24-9-13-33-14-10-24/h5-10,13-14,17-20,35,37H,11-12,15-16H2,1-4H3,(H,34,40)(H,36,39). The molecule has 0 unspecified atom stereocenters. The molecule has 0 saturated carbocycles. The summed E-state index contributed by atoms with van der Waals surface area (Å²) in [6, 6.07) is 15.0. The van der Waals surface area contributed by atoms with Crippen LogP contribution in [-0.4, -0.2) is 61.1 Å². The molecule has 4 N–H and O–H groups in total. The number of amides is 2. The van der Waals surface area contributed by atoms with E-state index in [2.05, 4.69) is 30.2 Å². The molecule has 4 aromatic rings. The van der Waals surface area contributed by atoms with E-state index < -0.39 is 27.5 Å². The molecule has 0 atom stereocenters. The highest BCUT2D eigenvalue weighted by molar-refractivity contribution is 7.92. The highest BCUT2D eigenvalue weighted by Gasteiger charge is 2.27. The quantitative estimate of drug-likeness (QED) is 0.197. The normalized spacial score (nSPS) is 14.2. The molecule has 1 saturated heterocycles. The average molecular weight is 633 g/mol. The van der Waals surface area contributed by atoms with Crippen molar-refractivity contribution < 1.29 is 27.5 Å². The van der Waals surface area contributed by atoms with Gasteiger partial charge in [-0.3, -0.25) is 19.3 Å². The first-order valence-electron chi connectivity index (χ1n) is 14.5. The Labute approximate surface area is 261 Å². The molecule has 236 valence electrons. The summed E-state index contributed by atoms with van der Waals surface area (Å²) in [7, 11) is -3.60. The molecule has 0 bridgehead atoms. The van der Waals surface area contributed by atoms with E-state index in [1.807, 2.05) is 12.1 Å². The van der Waals surface area contributed by atoms with Crippen LogP contribution >= 0.6 is 0 Å². The third-order valence-electron chi connectivity index (χ3n) is 7.22. The molecule has 13 heteroatoms. The van der Waals surface area contributed by atoms with Gasteiger partial charge in [-0.05, 0) is 82.1 Å². The number of sulfonamides is 1. The summed E-state index contributed by atoms with van der Waals surface area (Å²) < 4.78 is 31.6. The Morgan fingerprint density at radius 1 is 0.933 bits per heavy atom. The first kappa shape index (κ1) is 31.5. The topological polar surface area (TPSA) is 163 Å². The Morgan fingerprint density at radius 2 is 1.62 bits per heavy atom. The zero-order chi connectivity index (χ0) is 32.4. The molecule has 0 radical (unpaired) electrons. The molecule has 12 nitrogen and oxygen atoms in total. The Morgan fingerprint density at radius 3 is 2.29 bits per heavy atom. The van der Waals surface area contributed by atoms with Gasteiger partial charge in [-0.2, -0.15) is 0 Å². The molecule has 1 fully saturated rings. The summed E-state index contributed by atoms with van der Waals surface area (Å²) >= 11 is 0. The van der Waals surface area contributed by atoms with Gasteiger partial charge in [-0.25, -0.2) is 13.2 Å². The summed E-state index contributed by atoms with van der Waals surface area (Å²) in [6.07, 6.45) is 5.70. The second-order valence-electron chi connectivity index (χ2n) is 12.0. The van der Waals surface area contributed by atoms with Crippen molar-refractivity contribution in [2.75, 3.05) is 39.6 Å². The number of carbonyl (C=O) groups excluding carboxylic acids is 3. The van der Waals surface area contributed by atoms with Crippen LogP contribution in [0.4, 0.5) is 22.7 Å². The highest BCUT2D eigenvalue weighted by Crippen LogP contribution is 2.28. The monoisotopic (exact) mass is 632 g/mol. The molecular formula is C32H36N6O6S. The Balaban J connectivity index is 1.33. The average Bonchev–Trinajstić information content (AvgIpc) is 3.40. The molecular weight excluding hydrogens is 596 g/mol. The van der Waals surface area contributed by atoms with Gasteiger partial charge in [0.2, 0.25) is 15.9 Å². The number of rotatable bonds is 8. The fourth-order valence-corrected chi connectivity index (χ4v) is 5.71. The molecule has 1 aliphatic rings. The predicted octanol–water partition coefficient (Wildman–Crippen LogP) is 5.00. The van der Waals surface area contributed by atoms with Crippen LogP contribution < -0.4 is 20.3 Å². The van der Waals surface area contributed by atoms with Gasteiger partial charge >= 0.3 is 5.97 Å². The first-order valence-corrected chi connectivity index (χ1v) is 16.4. The lowest BCUT2D eigenvalue weighted by molar-refractivity contribution is -0.120. The molecule has 1 aliphatic heterocycles. The first-order chi connectivity index (χ1) is 21.2. The number of ether oxygens (including phenoxy) is 1. The molecule has 2 aromatic heterocycles. The molecule has 2 aromatic carbocycles. The molecule has 3 heterocycles. The number of piperidine rings is 1. The van der Waals surface area contributed by atoms with Crippen molar-refractivity contribution in [3.05, 3.63) is 78.2 Å². The van der Waals surface area contributed by atoms with E-state index in [1.165, 1.54) is 18.2 Å². The maximum atomic E-state index is 13.5. The molecule has 0 aliphatic carbocycles. The second kappa shape index (κ2) is 12.6. The fraction of sp³-hybridized carbons (Fsp3) is 0.312. The third kappa shape index (κ3) is 8.18. The maximum Gasteiger partial charge on any atom is 0.355 e. The zero-order valence-corrected chi connectivity index (χ0v) is 26.3. The summed E-state index contributed by atoms with van der Waals surface area (Å²) in [5.74, 6) is -1.55. The number of carbonyl (C=O) groups is 3. The second-order valence-corrected chi connectivity index (χ2v) is 13.8. The van der Waals surface area contributed by atoms with Gasteiger partial charge in [0, 0.05) is 53.7 Å². The lowest BCUT2D eigenvalue weighted by Crippen LogP contribution is -2.38. The summed E-state index contributed by atoms with van der Waals surface area (Å²) in [4.78, 5) is 48.7. The zero-order valence-electron chi connectivity index (χ0n) is 25.5. The van der Waals surface area contributed by atoms with Gasteiger partial charge in [-0.15, -0.1) is 0 Å². The molecule has 5 rings (SSSR count). The van der Waals surface area contributed by atoms with E-state index in [1.54, 1.807) is 57.4 Å².